The summed E-state index contributed by atoms with van der Waals surface area (Å²) in [6.07, 6.45) is 2.90. The average molecular weight is 362 g/mol. The quantitative estimate of drug-likeness (QED) is 0.858. The van der Waals surface area contributed by atoms with Gasteiger partial charge in [0.15, 0.2) is 5.69 Å². The number of nitrogens with one attached hydrogen (secondary N) is 1. The van der Waals surface area contributed by atoms with Crippen LogP contribution in [0.5, 0.6) is 0 Å². The van der Waals surface area contributed by atoms with Gasteiger partial charge in [-0.05, 0) is 42.9 Å². The number of benzene rings is 1. The van der Waals surface area contributed by atoms with Gasteiger partial charge < -0.3 is 4.90 Å². The SMILES string of the molecule is CC1CCc2[nH]nc(C(=O)N(C)Cc3ccc(S(N)(=O)=O)cc3)c2C1. The van der Waals surface area contributed by atoms with E-state index < -0.39 is 10.0 Å². The molecule has 0 bridgehead atoms. The second-order valence-corrected chi connectivity index (χ2v) is 8.29. The molecular weight excluding hydrogens is 340 g/mol. The van der Waals surface area contributed by atoms with Gasteiger partial charge in [0.05, 0.1) is 4.90 Å². The Morgan fingerprint density at radius 3 is 2.68 bits per heavy atom. The van der Waals surface area contributed by atoms with E-state index in [0.717, 1.165) is 36.1 Å². The minimum Gasteiger partial charge on any atom is -0.336 e. The average Bonchev–Trinajstić information content (AvgIpc) is 2.96. The maximum Gasteiger partial charge on any atom is 0.274 e. The maximum atomic E-state index is 12.7. The van der Waals surface area contributed by atoms with Crippen molar-refractivity contribution < 1.29 is 13.2 Å². The first-order chi connectivity index (χ1) is 11.8. The van der Waals surface area contributed by atoms with Crippen LogP contribution < -0.4 is 5.14 Å². The summed E-state index contributed by atoms with van der Waals surface area (Å²) in [4.78, 5) is 14.4. The van der Waals surface area contributed by atoms with Crippen molar-refractivity contribution >= 4 is 15.9 Å². The van der Waals surface area contributed by atoms with E-state index in [9.17, 15) is 13.2 Å². The highest BCUT2D eigenvalue weighted by atomic mass is 32.2. The summed E-state index contributed by atoms with van der Waals surface area (Å²) in [6.45, 7) is 2.54. The van der Waals surface area contributed by atoms with Crippen molar-refractivity contribution in [3.63, 3.8) is 0 Å². The minimum atomic E-state index is -3.71. The summed E-state index contributed by atoms with van der Waals surface area (Å²) in [5, 5.41) is 12.3. The molecule has 3 rings (SSSR count). The Balaban J connectivity index is 1.74. The fourth-order valence-corrected chi connectivity index (χ4v) is 3.67. The van der Waals surface area contributed by atoms with Crippen molar-refractivity contribution in [3.8, 4) is 0 Å². The third-order valence-electron chi connectivity index (χ3n) is 4.61. The Morgan fingerprint density at radius 1 is 1.36 bits per heavy atom. The third-order valence-corrected chi connectivity index (χ3v) is 5.54. The van der Waals surface area contributed by atoms with E-state index in [-0.39, 0.29) is 10.8 Å². The highest BCUT2D eigenvalue weighted by molar-refractivity contribution is 7.89. The number of fused-ring (bicyclic) bond motifs is 1. The zero-order valence-electron chi connectivity index (χ0n) is 14.3. The van der Waals surface area contributed by atoms with Crippen LogP contribution in [-0.2, 0) is 29.4 Å². The van der Waals surface area contributed by atoms with Crippen LogP contribution in [0.4, 0.5) is 0 Å². The van der Waals surface area contributed by atoms with Gasteiger partial charge in [-0.2, -0.15) is 5.10 Å². The third kappa shape index (κ3) is 3.74. The van der Waals surface area contributed by atoms with Crippen LogP contribution in [-0.4, -0.2) is 36.5 Å². The van der Waals surface area contributed by atoms with Gasteiger partial charge in [0, 0.05) is 24.8 Å². The van der Waals surface area contributed by atoms with Crippen molar-refractivity contribution in [1.29, 1.82) is 0 Å². The standard InChI is InChI=1S/C17H22N4O3S/c1-11-3-8-15-14(9-11)16(20-19-15)17(22)21(2)10-12-4-6-13(7-5-12)25(18,23)24/h4-7,11H,3,8-10H2,1-2H3,(H,19,20)(H2,18,23,24). The number of nitrogens with zero attached hydrogens (tertiary/aromatic N) is 2. The molecule has 0 radical (unpaired) electrons. The highest BCUT2D eigenvalue weighted by Crippen LogP contribution is 2.27. The normalized spacial score (nSPS) is 17.2. The van der Waals surface area contributed by atoms with Crippen LogP contribution in [0.3, 0.4) is 0 Å². The van der Waals surface area contributed by atoms with Gasteiger partial charge in [-0.1, -0.05) is 19.1 Å². The van der Waals surface area contributed by atoms with E-state index in [1.165, 1.54) is 12.1 Å². The molecule has 0 spiro atoms. The van der Waals surface area contributed by atoms with Crippen LogP contribution in [0.15, 0.2) is 29.2 Å². The molecule has 1 atom stereocenters. The fraction of sp³-hybridized carbons (Fsp3) is 0.412. The summed E-state index contributed by atoms with van der Waals surface area (Å²) < 4.78 is 22.6. The second kappa shape index (κ2) is 6.61. The topological polar surface area (TPSA) is 109 Å². The maximum absolute atomic E-state index is 12.7. The van der Waals surface area contributed by atoms with Crippen LogP contribution >= 0.6 is 0 Å². The monoisotopic (exact) mass is 362 g/mol. The number of aromatic nitrogens is 2. The van der Waals surface area contributed by atoms with Gasteiger partial charge in [0.25, 0.3) is 5.91 Å². The van der Waals surface area contributed by atoms with Gasteiger partial charge in [0.1, 0.15) is 0 Å². The molecule has 1 amide bonds. The van der Waals surface area contributed by atoms with Gasteiger partial charge >= 0.3 is 0 Å². The number of nitrogens with two attached hydrogens (primary N) is 1. The summed E-state index contributed by atoms with van der Waals surface area (Å²) >= 11 is 0. The molecule has 7 nitrogen and oxygen atoms in total. The van der Waals surface area contributed by atoms with Gasteiger partial charge in [-0.3, -0.25) is 9.89 Å². The summed E-state index contributed by atoms with van der Waals surface area (Å²) in [6, 6.07) is 6.21. The molecule has 3 N–H and O–H groups in total. The zero-order valence-corrected chi connectivity index (χ0v) is 15.1. The number of carbonyl (C=O) groups is 1. The lowest BCUT2D eigenvalue weighted by atomic mass is 9.87. The van der Waals surface area contributed by atoms with E-state index in [4.69, 9.17) is 5.14 Å². The molecule has 0 saturated carbocycles. The summed E-state index contributed by atoms with van der Waals surface area (Å²) in [7, 11) is -2.00. The Labute approximate surface area is 147 Å². The van der Waals surface area contributed by atoms with Gasteiger partial charge in [-0.15, -0.1) is 0 Å². The number of rotatable bonds is 4. The van der Waals surface area contributed by atoms with Crippen molar-refractivity contribution in [2.45, 2.75) is 37.6 Å². The number of H-pyrrole nitrogens is 1. The molecule has 0 aliphatic heterocycles. The molecule has 1 aliphatic carbocycles. The summed E-state index contributed by atoms with van der Waals surface area (Å²) in [5.74, 6) is 0.412. The predicted octanol–water partition coefficient (Wildman–Crippen LogP) is 1.45. The molecule has 25 heavy (non-hydrogen) atoms. The molecule has 1 aliphatic rings. The first-order valence-corrected chi connectivity index (χ1v) is 9.73. The van der Waals surface area contributed by atoms with Gasteiger partial charge in [-0.25, -0.2) is 13.6 Å². The lowest BCUT2D eigenvalue weighted by Crippen LogP contribution is -2.28. The van der Waals surface area contributed by atoms with Crippen molar-refractivity contribution in [2.24, 2.45) is 11.1 Å². The van der Waals surface area contributed by atoms with Gasteiger partial charge in [0.2, 0.25) is 10.0 Å². The lowest BCUT2D eigenvalue weighted by Gasteiger charge is -2.20. The van der Waals surface area contributed by atoms with Crippen molar-refractivity contribution in [3.05, 3.63) is 46.8 Å². The van der Waals surface area contributed by atoms with Crippen molar-refractivity contribution in [1.82, 2.24) is 15.1 Å². The molecule has 0 fully saturated rings. The smallest absolute Gasteiger partial charge is 0.274 e. The van der Waals surface area contributed by atoms with Crippen LogP contribution in [0.1, 0.15) is 40.7 Å². The lowest BCUT2D eigenvalue weighted by molar-refractivity contribution is 0.0777. The second-order valence-electron chi connectivity index (χ2n) is 6.73. The van der Waals surface area contributed by atoms with E-state index in [1.54, 1.807) is 24.1 Å². The fourth-order valence-electron chi connectivity index (χ4n) is 3.16. The Bertz CT molecular complexity index is 887. The molecule has 1 aromatic heterocycles. The number of hydrogen-bond donors (Lipinski definition) is 2. The first-order valence-electron chi connectivity index (χ1n) is 8.19. The summed E-state index contributed by atoms with van der Waals surface area (Å²) in [5.41, 5.74) is 3.40. The van der Waals surface area contributed by atoms with E-state index >= 15 is 0 Å². The predicted molar refractivity (Wildman–Crippen MR) is 93.4 cm³/mol. The molecule has 8 heteroatoms. The number of carbonyl (C=O) groups excluding carboxylic acids is 1. The molecule has 0 saturated heterocycles. The van der Waals surface area contributed by atoms with Crippen molar-refractivity contribution in [2.75, 3.05) is 7.05 Å². The molecule has 1 heterocycles. The minimum absolute atomic E-state index is 0.0561. The Morgan fingerprint density at radius 2 is 2.04 bits per heavy atom. The number of hydrogen-bond acceptors (Lipinski definition) is 4. The van der Waals surface area contributed by atoms with Crippen LogP contribution in [0, 0.1) is 5.92 Å². The van der Waals surface area contributed by atoms with Crippen LogP contribution in [0.2, 0.25) is 0 Å². The number of aryl methyl sites for hydroxylation is 1. The zero-order chi connectivity index (χ0) is 18.2. The number of primary sulfonamides is 1. The number of aromatic amines is 1. The molecular formula is C17H22N4O3S. The van der Waals surface area contributed by atoms with E-state index in [0.29, 0.717) is 18.2 Å². The largest absolute Gasteiger partial charge is 0.336 e. The highest BCUT2D eigenvalue weighted by Gasteiger charge is 2.26. The molecule has 134 valence electrons. The Kier molecular flexibility index (Phi) is 4.66. The van der Waals surface area contributed by atoms with E-state index in [2.05, 4.69) is 17.1 Å². The van der Waals surface area contributed by atoms with E-state index in [1.807, 2.05) is 0 Å². The molecule has 1 aromatic carbocycles. The Hall–Kier alpha value is -2.19. The number of amides is 1. The first kappa shape index (κ1) is 17.6. The van der Waals surface area contributed by atoms with Crippen LogP contribution in [0.25, 0.3) is 0 Å². The molecule has 1 unspecified atom stereocenters. The molecule has 2 aromatic rings. The number of sulfonamides is 1.